The van der Waals surface area contributed by atoms with Crippen molar-refractivity contribution in [3.8, 4) is 11.8 Å². The molecule has 5 heteroatoms. The summed E-state index contributed by atoms with van der Waals surface area (Å²) in [5.74, 6) is 1.02. The van der Waals surface area contributed by atoms with Gasteiger partial charge in [0.25, 0.3) is 0 Å². The number of nitrogens with one attached hydrogen (secondary N) is 1. The second-order valence-corrected chi connectivity index (χ2v) is 6.20. The summed E-state index contributed by atoms with van der Waals surface area (Å²) < 4.78 is 1.90. The van der Waals surface area contributed by atoms with Crippen LogP contribution in [-0.2, 0) is 12.8 Å². The summed E-state index contributed by atoms with van der Waals surface area (Å²) in [6.07, 6.45) is 5.79. The fraction of sp³-hybridized carbons (Fsp3) is 0.250. The van der Waals surface area contributed by atoms with Crippen LogP contribution in [0.4, 0.5) is 5.82 Å². The van der Waals surface area contributed by atoms with Crippen LogP contribution in [0.2, 0.25) is 0 Å². The summed E-state index contributed by atoms with van der Waals surface area (Å²) in [6, 6.07) is 15.8. The van der Waals surface area contributed by atoms with Gasteiger partial charge in [0, 0.05) is 30.4 Å². The highest BCUT2D eigenvalue weighted by Gasteiger charge is 2.22. The van der Waals surface area contributed by atoms with E-state index in [9.17, 15) is 5.26 Å². The average molecular weight is 329 g/mol. The first kappa shape index (κ1) is 15.4. The van der Waals surface area contributed by atoms with E-state index >= 15 is 0 Å². The smallest absolute Gasteiger partial charge is 0.133 e. The maximum Gasteiger partial charge on any atom is 0.133 e. The van der Waals surface area contributed by atoms with E-state index in [1.54, 1.807) is 0 Å². The van der Waals surface area contributed by atoms with Crippen LogP contribution < -0.4 is 5.32 Å². The van der Waals surface area contributed by atoms with Crippen molar-refractivity contribution < 1.29 is 0 Å². The van der Waals surface area contributed by atoms with Gasteiger partial charge in [0.1, 0.15) is 11.9 Å². The third kappa shape index (κ3) is 2.99. The van der Waals surface area contributed by atoms with Crippen LogP contribution in [0.5, 0.6) is 0 Å². The number of hydrogen-bond donors (Lipinski definition) is 1. The summed E-state index contributed by atoms with van der Waals surface area (Å²) in [5.41, 5.74) is 4.74. The zero-order chi connectivity index (χ0) is 17.1. The van der Waals surface area contributed by atoms with Crippen molar-refractivity contribution in [2.45, 2.75) is 25.7 Å². The van der Waals surface area contributed by atoms with Gasteiger partial charge < -0.3 is 5.32 Å². The van der Waals surface area contributed by atoms with E-state index in [1.165, 1.54) is 5.56 Å². The van der Waals surface area contributed by atoms with E-state index in [1.807, 2.05) is 53.3 Å². The Bertz CT molecular complexity index is 921. The van der Waals surface area contributed by atoms with Gasteiger partial charge in [0.15, 0.2) is 0 Å². The van der Waals surface area contributed by atoms with Crippen LogP contribution in [-0.4, -0.2) is 21.3 Å². The predicted molar refractivity (Wildman–Crippen MR) is 96.7 cm³/mol. The maximum atomic E-state index is 9.46. The minimum atomic E-state index is 0.628. The zero-order valence-electron chi connectivity index (χ0n) is 13.9. The summed E-state index contributed by atoms with van der Waals surface area (Å²) in [6.45, 7) is 0.927. The lowest BCUT2D eigenvalue weighted by molar-refractivity contribution is 0.765. The van der Waals surface area contributed by atoms with E-state index in [2.05, 4.69) is 16.4 Å². The number of nitriles is 1. The highest BCUT2D eigenvalue weighted by atomic mass is 15.3. The molecule has 2 aromatic heterocycles. The molecule has 0 fully saturated rings. The molecular formula is C20H19N5. The molecule has 0 atom stereocenters. The van der Waals surface area contributed by atoms with Crippen LogP contribution in [0.15, 0.2) is 48.7 Å². The van der Waals surface area contributed by atoms with Gasteiger partial charge in [-0.25, -0.2) is 4.68 Å². The first-order valence-corrected chi connectivity index (χ1v) is 8.61. The number of rotatable bonds is 3. The van der Waals surface area contributed by atoms with E-state index in [0.29, 0.717) is 12.0 Å². The standard InChI is InChI=1S/C20H19N5/c21-14-15-7-1-2-10-19(15)25-20-17(9-4-6-12-23-20)18(24-25)13-16-8-3-5-11-22-16/h1-3,5,7-8,10-11,23H,4,6,9,12-13H2. The number of nitrogens with zero attached hydrogens (tertiary/aromatic N) is 4. The summed E-state index contributed by atoms with van der Waals surface area (Å²) in [5, 5.41) is 17.9. The molecule has 5 nitrogen and oxygen atoms in total. The van der Waals surface area contributed by atoms with Gasteiger partial charge in [-0.1, -0.05) is 18.2 Å². The van der Waals surface area contributed by atoms with Crippen molar-refractivity contribution in [3.05, 3.63) is 71.2 Å². The lowest BCUT2D eigenvalue weighted by Crippen LogP contribution is -2.08. The normalized spacial score (nSPS) is 13.4. The molecule has 1 aromatic carbocycles. The van der Waals surface area contributed by atoms with Crippen LogP contribution in [0.1, 0.15) is 35.4 Å². The molecule has 0 saturated heterocycles. The largest absolute Gasteiger partial charge is 0.370 e. The molecule has 0 spiro atoms. The molecule has 0 saturated carbocycles. The molecule has 0 bridgehead atoms. The third-order valence-corrected chi connectivity index (χ3v) is 4.54. The summed E-state index contributed by atoms with van der Waals surface area (Å²) >= 11 is 0. The monoisotopic (exact) mass is 329 g/mol. The van der Waals surface area contributed by atoms with Gasteiger partial charge in [0.2, 0.25) is 0 Å². The fourth-order valence-electron chi connectivity index (χ4n) is 3.32. The number of benzene rings is 1. The third-order valence-electron chi connectivity index (χ3n) is 4.54. The molecule has 0 aliphatic carbocycles. The maximum absolute atomic E-state index is 9.46. The molecule has 3 heterocycles. The molecular weight excluding hydrogens is 310 g/mol. The Kier molecular flexibility index (Phi) is 4.17. The molecule has 4 rings (SSSR count). The molecule has 0 unspecified atom stereocenters. The summed E-state index contributed by atoms with van der Waals surface area (Å²) in [4.78, 5) is 4.44. The van der Waals surface area contributed by atoms with Crippen LogP contribution >= 0.6 is 0 Å². The Morgan fingerprint density at radius 3 is 2.84 bits per heavy atom. The zero-order valence-corrected chi connectivity index (χ0v) is 13.9. The van der Waals surface area contributed by atoms with E-state index in [0.717, 1.165) is 48.7 Å². The van der Waals surface area contributed by atoms with Gasteiger partial charge in [0.05, 0.1) is 16.9 Å². The Balaban J connectivity index is 1.84. The van der Waals surface area contributed by atoms with E-state index in [-0.39, 0.29) is 0 Å². The van der Waals surface area contributed by atoms with E-state index < -0.39 is 0 Å². The van der Waals surface area contributed by atoms with Crippen molar-refractivity contribution >= 4 is 5.82 Å². The van der Waals surface area contributed by atoms with Crippen molar-refractivity contribution in [3.63, 3.8) is 0 Å². The quantitative estimate of drug-likeness (QED) is 0.799. The van der Waals surface area contributed by atoms with Gasteiger partial charge in [-0.05, 0) is 43.5 Å². The number of fused-ring (bicyclic) bond motifs is 1. The van der Waals surface area contributed by atoms with E-state index in [4.69, 9.17) is 5.10 Å². The number of para-hydroxylation sites is 1. The Hall–Kier alpha value is -3.13. The first-order chi connectivity index (χ1) is 12.4. The molecule has 25 heavy (non-hydrogen) atoms. The number of anilines is 1. The highest BCUT2D eigenvalue weighted by Crippen LogP contribution is 2.30. The topological polar surface area (TPSA) is 66.5 Å². The Morgan fingerprint density at radius 1 is 1.12 bits per heavy atom. The van der Waals surface area contributed by atoms with Crippen molar-refractivity contribution in [1.29, 1.82) is 5.26 Å². The Morgan fingerprint density at radius 2 is 2.00 bits per heavy atom. The molecule has 1 aliphatic heterocycles. The molecule has 0 amide bonds. The second-order valence-electron chi connectivity index (χ2n) is 6.20. The fourth-order valence-corrected chi connectivity index (χ4v) is 3.32. The number of pyridine rings is 1. The van der Waals surface area contributed by atoms with Crippen molar-refractivity contribution in [2.75, 3.05) is 11.9 Å². The first-order valence-electron chi connectivity index (χ1n) is 8.61. The minimum Gasteiger partial charge on any atom is -0.370 e. The number of aromatic nitrogens is 3. The molecule has 3 aromatic rings. The van der Waals surface area contributed by atoms with Crippen molar-refractivity contribution in [2.24, 2.45) is 0 Å². The van der Waals surface area contributed by atoms with Crippen LogP contribution in [0.3, 0.4) is 0 Å². The molecule has 1 N–H and O–H groups in total. The van der Waals surface area contributed by atoms with Crippen molar-refractivity contribution in [1.82, 2.24) is 14.8 Å². The van der Waals surface area contributed by atoms with Crippen LogP contribution in [0.25, 0.3) is 5.69 Å². The lowest BCUT2D eigenvalue weighted by Gasteiger charge is -2.10. The second kappa shape index (κ2) is 6.78. The molecule has 0 radical (unpaired) electrons. The van der Waals surface area contributed by atoms with Gasteiger partial charge in [-0.3, -0.25) is 4.98 Å². The predicted octanol–water partition coefficient (Wildman–Crippen LogP) is 3.48. The SMILES string of the molecule is N#Cc1ccccc1-n1nc(Cc2ccccn2)c2c1NCCCC2. The molecule has 124 valence electrons. The van der Waals surface area contributed by atoms with Crippen LogP contribution in [0, 0.1) is 11.3 Å². The summed E-state index contributed by atoms with van der Waals surface area (Å²) in [7, 11) is 0. The minimum absolute atomic E-state index is 0.628. The average Bonchev–Trinajstić information content (AvgIpc) is 2.84. The van der Waals surface area contributed by atoms with Gasteiger partial charge >= 0.3 is 0 Å². The Labute approximate surface area is 146 Å². The lowest BCUT2D eigenvalue weighted by atomic mass is 10.1. The molecule has 1 aliphatic rings. The highest BCUT2D eigenvalue weighted by molar-refractivity contribution is 5.58. The number of hydrogen-bond acceptors (Lipinski definition) is 4. The van der Waals surface area contributed by atoms with Gasteiger partial charge in [-0.2, -0.15) is 10.4 Å². The van der Waals surface area contributed by atoms with Gasteiger partial charge in [-0.15, -0.1) is 0 Å².